The molecule has 10 heteroatoms. The highest BCUT2D eigenvalue weighted by molar-refractivity contribution is 7.19. The molecule has 2 aromatic heterocycles. The number of alkyl halides is 6. The summed E-state index contributed by atoms with van der Waals surface area (Å²) in [6, 6.07) is 12.7. The lowest BCUT2D eigenvalue weighted by Gasteiger charge is -2.26. The zero-order chi connectivity index (χ0) is 26.0. The number of halogens is 6. The molecule has 0 amide bonds. The second-order valence-electron chi connectivity index (χ2n) is 8.56. The zero-order valence-electron chi connectivity index (χ0n) is 19.3. The van der Waals surface area contributed by atoms with Crippen molar-refractivity contribution in [2.45, 2.75) is 37.7 Å². The average molecular weight is 543 g/mol. The minimum atomic E-state index is -5.64. The van der Waals surface area contributed by atoms with E-state index in [2.05, 4.69) is 0 Å². The van der Waals surface area contributed by atoms with Crippen LogP contribution in [0.3, 0.4) is 0 Å². The molecule has 1 aliphatic rings. The van der Waals surface area contributed by atoms with Crippen LogP contribution in [0.15, 0.2) is 48.5 Å². The van der Waals surface area contributed by atoms with E-state index in [0.717, 1.165) is 22.7 Å². The van der Waals surface area contributed by atoms with Gasteiger partial charge in [-0.1, -0.05) is 36.4 Å². The first-order valence-corrected chi connectivity index (χ1v) is 12.6. The molecule has 1 atom stereocenters. The third-order valence-electron chi connectivity index (χ3n) is 6.37. The third kappa shape index (κ3) is 3.38. The van der Waals surface area contributed by atoms with Crippen molar-refractivity contribution in [2.75, 3.05) is 13.9 Å². The summed E-state index contributed by atoms with van der Waals surface area (Å²) in [7, 11) is 1.37. The summed E-state index contributed by atoms with van der Waals surface area (Å²) in [5, 5.41) is 0.411. The maximum atomic E-state index is 15.7. The molecule has 4 aromatic rings. The molecule has 0 saturated carbocycles. The Labute approximate surface area is 210 Å². The number of thiophene rings is 2. The summed E-state index contributed by atoms with van der Waals surface area (Å²) in [6.07, 6.45) is -0.884. The van der Waals surface area contributed by atoms with E-state index >= 15 is 26.3 Å². The van der Waals surface area contributed by atoms with Gasteiger partial charge in [0.1, 0.15) is 6.79 Å². The smallest absolute Gasteiger partial charge is 0.359 e. The van der Waals surface area contributed by atoms with Crippen molar-refractivity contribution < 1.29 is 35.8 Å². The quantitative estimate of drug-likeness (QED) is 0.179. The van der Waals surface area contributed by atoms with E-state index in [1.807, 2.05) is 0 Å². The van der Waals surface area contributed by atoms with E-state index in [0.29, 0.717) is 9.40 Å². The average Bonchev–Trinajstić information content (AvgIpc) is 3.40. The predicted molar refractivity (Wildman–Crippen MR) is 131 cm³/mol. The fourth-order valence-corrected chi connectivity index (χ4v) is 7.00. The Morgan fingerprint density at radius 1 is 0.778 bits per heavy atom. The van der Waals surface area contributed by atoms with Gasteiger partial charge in [-0.2, -0.15) is 26.3 Å². The highest BCUT2D eigenvalue weighted by Crippen LogP contribution is 2.67. The molecular weight excluding hydrogens is 522 g/mol. The standard InChI is InChI=1S/C26H20F6O2S2/c1-13(34-12-33-3)23-20(16-9-5-7-11-18(16)36-23)22-21(24(27,28)26(31,32)25(22,29)30)19-14(2)35-17-10-6-4-8-15(17)19/h4-11,13H,12H2,1-3H3/t13-/m1/s1. The first-order chi connectivity index (χ1) is 16.9. The minimum Gasteiger partial charge on any atom is -0.359 e. The van der Waals surface area contributed by atoms with Gasteiger partial charge in [0.05, 0.1) is 6.10 Å². The summed E-state index contributed by atoms with van der Waals surface area (Å²) < 4.78 is 104. The fraction of sp³-hybridized carbons (Fsp3) is 0.308. The van der Waals surface area contributed by atoms with Gasteiger partial charge < -0.3 is 9.47 Å². The van der Waals surface area contributed by atoms with Crippen LogP contribution in [-0.2, 0) is 9.47 Å². The highest BCUT2D eigenvalue weighted by Gasteiger charge is 2.80. The maximum absolute atomic E-state index is 15.7. The summed E-state index contributed by atoms with van der Waals surface area (Å²) in [5.74, 6) is -15.9. The van der Waals surface area contributed by atoms with Crippen molar-refractivity contribution >= 4 is 54.0 Å². The van der Waals surface area contributed by atoms with Crippen LogP contribution in [0.2, 0.25) is 0 Å². The van der Waals surface area contributed by atoms with Crippen molar-refractivity contribution in [2.24, 2.45) is 0 Å². The van der Waals surface area contributed by atoms with Crippen LogP contribution in [0.4, 0.5) is 26.3 Å². The number of hydrogen-bond acceptors (Lipinski definition) is 4. The van der Waals surface area contributed by atoms with Gasteiger partial charge in [0.25, 0.3) is 0 Å². The molecule has 0 unspecified atom stereocenters. The number of allylic oxidation sites excluding steroid dienone is 2. The van der Waals surface area contributed by atoms with Crippen molar-refractivity contribution in [1.29, 1.82) is 0 Å². The lowest BCUT2D eigenvalue weighted by Crippen LogP contribution is -2.49. The van der Waals surface area contributed by atoms with E-state index < -0.39 is 35.0 Å². The van der Waals surface area contributed by atoms with E-state index in [9.17, 15) is 0 Å². The fourth-order valence-electron chi connectivity index (χ4n) is 4.72. The van der Waals surface area contributed by atoms with Crippen LogP contribution >= 0.6 is 22.7 Å². The van der Waals surface area contributed by atoms with Gasteiger partial charge in [0.2, 0.25) is 0 Å². The maximum Gasteiger partial charge on any atom is 0.380 e. The molecule has 0 radical (unpaired) electrons. The Morgan fingerprint density at radius 2 is 1.28 bits per heavy atom. The third-order valence-corrected chi connectivity index (χ3v) is 8.78. The van der Waals surface area contributed by atoms with Crippen LogP contribution in [0, 0.1) is 6.92 Å². The number of aryl methyl sites for hydroxylation is 1. The first-order valence-electron chi connectivity index (χ1n) is 10.9. The lowest BCUT2D eigenvalue weighted by molar-refractivity contribution is -0.254. The van der Waals surface area contributed by atoms with Crippen LogP contribution in [0.1, 0.15) is 33.9 Å². The number of methoxy groups -OCH3 is 1. The van der Waals surface area contributed by atoms with Gasteiger partial charge in [-0.15, -0.1) is 22.7 Å². The Kier molecular flexibility index (Phi) is 6.02. The second-order valence-corrected chi connectivity index (χ2v) is 10.9. The highest BCUT2D eigenvalue weighted by atomic mass is 32.1. The largest absolute Gasteiger partial charge is 0.380 e. The Balaban J connectivity index is 1.95. The topological polar surface area (TPSA) is 18.5 Å². The second kappa shape index (κ2) is 8.58. The molecule has 1 aliphatic carbocycles. The molecule has 2 nitrogen and oxygen atoms in total. The summed E-state index contributed by atoms with van der Waals surface area (Å²) in [5.41, 5.74) is -3.31. The molecule has 2 aromatic carbocycles. The normalized spacial score (nSPS) is 19.5. The number of rotatable bonds is 6. The summed E-state index contributed by atoms with van der Waals surface area (Å²) >= 11 is 2.14. The van der Waals surface area contributed by atoms with E-state index in [-0.39, 0.29) is 38.4 Å². The number of benzene rings is 2. The van der Waals surface area contributed by atoms with Gasteiger partial charge in [-0.05, 0) is 26.0 Å². The molecule has 0 spiro atoms. The molecule has 0 N–H and O–H groups in total. The molecule has 0 saturated heterocycles. The van der Waals surface area contributed by atoms with Crippen LogP contribution in [0.25, 0.3) is 31.3 Å². The molecule has 190 valence electrons. The Morgan fingerprint density at radius 3 is 1.86 bits per heavy atom. The molecule has 36 heavy (non-hydrogen) atoms. The molecular formula is C26H20F6O2S2. The first kappa shape index (κ1) is 25.3. The molecule has 0 bridgehead atoms. The van der Waals surface area contributed by atoms with E-state index in [1.54, 1.807) is 43.3 Å². The van der Waals surface area contributed by atoms with Gasteiger partial charge in [-0.3, -0.25) is 0 Å². The van der Waals surface area contributed by atoms with Gasteiger partial charge in [-0.25, -0.2) is 0 Å². The van der Waals surface area contributed by atoms with Gasteiger partial charge in [0.15, 0.2) is 0 Å². The SMILES string of the molecule is COCO[C@H](C)c1sc2ccccc2c1C1=C(c2c(C)sc3ccccc23)C(F)(F)C(F)(F)C1(F)F. The molecule has 0 fully saturated rings. The Bertz CT molecular complexity index is 1500. The number of fused-ring (bicyclic) bond motifs is 2. The predicted octanol–water partition coefficient (Wildman–Crippen LogP) is 8.94. The summed E-state index contributed by atoms with van der Waals surface area (Å²) in [4.78, 5) is 0.396. The van der Waals surface area contributed by atoms with Crippen molar-refractivity contribution in [3.8, 4) is 0 Å². The number of ether oxygens (including phenoxy) is 2. The zero-order valence-corrected chi connectivity index (χ0v) is 20.9. The number of hydrogen-bond donors (Lipinski definition) is 0. The van der Waals surface area contributed by atoms with Crippen LogP contribution in [-0.4, -0.2) is 31.7 Å². The van der Waals surface area contributed by atoms with E-state index in [4.69, 9.17) is 9.47 Å². The van der Waals surface area contributed by atoms with Gasteiger partial charge in [0, 0.05) is 59.3 Å². The minimum absolute atomic E-state index is 0.145. The lowest BCUT2D eigenvalue weighted by atomic mass is 9.91. The van der Waals surface area contributed by atoms with E-state index in [1.165, 1.54) is 26.2 Å². The Hall–Kier alpha value is -2.40. The molecule has 0 aliphatic heterocycles. The van der Waals surface area contributed by atoms with Crippen LogP contribution < -0.4 is 0 Å². The van der Waals surface area contributed by atoms with Crippen LogP contribution in [0.5, 0.6) is 0 Å². The monoisotopic (exact) mass is 542 g/mol. The van der Waals surface area contributed by atoms with Crippen molar-refractivity contribution in [3.05, 3.63) is 69.4 Å². The summed E-state index contributed by atoms with van der Waals surface area (Å²) in [6.45, 7) is 2.83. The molecule has 5 rings (SSSR count). The van der Waals surface area contributed by atoms with Crippen molar-refractivity contribution in [1.82, 2.24) is 0 Å². The van der Waals surface area contributed by atoms with Gasteiger partial charge >= 0.3 is 17.8 Å². The van der Waals surface area contributed by atoms with Crippen molar-refractivity contribution in [3.63, 3.8) is 0 Å². The molecule has 2 heterocycles.